The Morgan fingerprint density at radius 2 is 1.67 bits per heavy atom. The van der Waals surface area contributed by atoms with Gasteiger partial charge in [0.1, 0.15) is 0 Å². The second-order valence-corrected chi connectivity index (χ2v) is 8.63. The van der Waals surface area contributed by atoms with Crippen molar-refractivity contribution in [3.05, 3.63) is 81.3 Å². The lowest BCUT2D eigenvalue weighted by Gasteiger charge is -2.11. The number of aromatic nitrogens is 2. The molecule has 30 heavy (non-hydrogen) atoms. The number of nitrogens with zero attached hydrogens (tertiary/aromatic N) is 1. The molecule has 0 radical (unpaired) electrons. The zero-order valence-electron chi connectivity index (χ0n) is 16.8. The Morgan fingerprint density at radius 1 is 1.03 bits per heavy atom. The number of amides is 1. The van der Waals surface area contributed by atoms with Crippen LogP contribution in [0.4, 0.5) is 11.6 Å². The van der Waals surface area contributed by atoms with Crippen LogP contribution in [-0.4, -0.2) is 24.3 Å². The van der Waals surface area contributed by atoms with Crippen LogP contribution in [-0.2, 0) is 21.2 Å². The Hall–Kier alpha value is -3.46. The molecule has 8 nitrogen and oxygen atoms in total. The van der Waals surface area contributed by atoms with Gasteiger partial charge in [0.2, 0.25) is 11.9 Å². The summed E-state index contributed by atoms with van der Waals surface area (Å²) in [6.45, 7) is 5.01. The third-order valence-corrected chi connectivity index (χ3v) is 5.79. The van der Waals surface area contributed by atoms with Crippen molar-refractivity contribution < 1.29 is 13.2 Å². The van der Waals surface area contributed by atoms with Crippen molar-refractivity contribution in [2.75, 3.05) is 10.0 Å². The van der Waals surface area contributed by atoms with Gasteiger partial charge in [-0.15, -0.1) is 0 Å². The van der Waals surface area contributed by atoms with Gasteiger partial charge < -0.3 is 5.32 Å². The summed E-state index contributed by atoms with van der Waals surface area (Å²) >= 11 is 0. The van der Waals surface area contributed by atoms with Gasteiger partial charge >= 0.3 is 0 Å². The van der Waals surface area contributed by atoms with Crippen LogP contribution in [0.15, 0.2) is 58.2 Å². The molecule has 0 saturated carbocycles. The monoisotopic (exact) mass is 426 g/mol. The van der Waals surface area contributed by atoms with E-state index in [-0.39, 0.29) is 16.8 Å². The Labute approximate surface area is 174 Å². The fourth-order valence-corrected chi connectivity index (χ4v) is 3.85. The predicted molar refractivity (Wildman–Crippen MR) is 115 cm³/mol. The van der Waals surface area contributed by atoms with Crippen LogP contribution >= 0.6 is 0 Å². The fraction of sp³-hybridized carbons (Fsp3) is 0.190. The summed E-state index contributed by atoms with van der Waals surface area (Å²) in [7, 11) is -3.96. The molecule has 3 aromatic rings. The maximum Gasteiger partial charge on any atom is 0.264 e. The van der Waals surface area contributed by atoms with E-state index in [1.54, 1.807) is 6.92 Å². The molecule has 0 unspecified atom stereocenters. The summed E-state index contributed by atoms with van der Waals surface area (Å²) in [5, 5.41) is 2.56. The van der Waals surface area contributed by atoms with Crippen LogP contribution in [0.25, 0.3) is 0 Å². The van der Waals surface area contributed by atoms with E-state index in [4.69, 9.17) is 0 Å². The van der Waals surface area contributed by atoms with Gasteiger partial charge in [-0.3, -0.25) is 14.6 Å². The smallest absolute Gasteiger partial charge is 0.264 e. The van der Waals surface area contributed by atoms with Crippen LogP contribution < -0.4 is 15.6 Å². The second-order valence-electron chi connectivity index (χ2n) is 6.95. The molecule has 3 rings (SSSR count). The minimum absolute atomic E-state index is 0.0272. The molecule has 1 aromatic heterocycles. The van der Waals surface area contributed by atoms with E-state index in [9.17, 15) is 18.0 Å². The van der Waals surface area contributed by atoms with Crippen LogP contribution in [0.2, 0.25) is 0 Å². The normalized spacial score (nSPS) is 11.2. The molecule has 0 atom stereocenters. The third kappa shape index (κ3) is 5.12. The first-order chi connectivity index (χ1) is 14.1. The number of H-pyrrole nitrogens is 1. The largest absolute Gasteiger partial charge is 0.326 e. The molecule has 0 bridgehead atoms. The van der Waals surface area contributed by atoms with E-state index in [1.165, 1.54) is 31.2 Å². The van der Waals surface area contributed by atoms with Gasteiger partial charge in [-0.1, -0.05) is 29.8 Å². The Bertz CT molecular complexity index is 1230. The van der Waals surface area contributed by atoms with E-state index in [1.807, 2.05) is 31.2 Å². The van der Waals surface area contributed by atoms with Crippen molar-refractivity contribution in [3.8, 4) is 0 Å². The van der Waals surface area contributed by atoms with Crippen molar-refractivity contribution in [1.29, 1.82) is 0 Å². The number of aryl methyl sites for hydroxylation is 2. The molecular weight excluding hydrogens is 404 g/mol. The van der Waals surface area contributed by atoms with Crippen LogP contribution in [0.3, 0.4) is 0 Å². The zero-order valence-corrected chi connectivity index (χ0v) is 17.6. The summed E-state index contributed by atoms with van der Waals surface area (Å²) in [5.41, 5.74) is 3.08. The van der Waals surface area contributed by atoms with E-state index in [0.29, 0.717) is 23.4 Å². The maximum atomic E-state index is 12.6. The molecule has 9 heteroatoms. The number of carbonyl (C=O) groups is 1. The molecule has 3 N–H and O–H groups in total. The number of carbonyl (C=O) groups excluding carboxylic acids is 1. The maximum absolute atomic E-state index is 12.6. The van der Waals surface area contributed by atoms with Gasteiger partial charge in [0.25, 0.3) is 15.6 Å². The van der Waals surface area contributed by atoms with E-state index in [0.717, 1.165) is 11.1 Å². The number of nitrogens with one attached hydrogen (secondary N) is 3. The van der Waals surface area contributed by atoms with Crippen LogP contribution in [0.1, 0.15) is 29.3 Å². The highest BCUT2D eigenvalue weighted by atomic mass is 32.2. The van der Waals surface area contributed by atoms with Crippen LogP contribution in [0, 0.1) is 13.8 Å². The van der Waals surface area contributed by atoms with Gasteiger partial charge in [0, 0.05) is 24.6 Å². The average molecular weight is 426 g/mol. The number of hydrogen-bond donors (Lipinski definition) is 3. The highest BCUT2D eigenvalue weighted by Gasteiger charge is 2.17. The third-order valence-electron chi connectivity index (χ3n) is 4.44. The van der Waals surface area contributed by atoms with Crippen molar-refractivity contribution in [2.24, 2.45) is 0 Å². The van der Waals surface area contributed by atoms with Crippen molar-refractivity contribution in [3.63, 3.8) is 0 Å². The van der Waals surface area contributed by atoms with Gasteiger partial charge in [0.15, 0.2) is 0 Å². The van der Waals surface area contributed by atoms with E-state index >= 15 is 0 Å². The molecule has 0 spiro atoms. The molecule has 2 aromatic carbocycles. The average Bonchev–Trinajstić information content (AvgIpc) is 2.66. The Morgan fingerprint density at radius 3 is 2.23 bits per heavy atom. The van der Waals surface area contributed by atoms with E-state index < -0.39 is 15.6 Å². The quantitative estimate of drug-likeness (QED) is 0.560. The zero-order chi connectivity index (χ0) is 21.9. The van der Waals surface area contributed by atoms with Gasteiger partial charge in [0.05, 0.1) is 10.6 Å². The first-order valence-electron chi connectivity index (χ1n) is 9.20. The number of benzene rings is 2. The van der Waals surface area contributed by atoms with Gasteiger partial charge in [-0.2, -0.15) is 0 Å². The molecular formula is C21H22N4O4S. The minimum atomic E-state index is -3.96. The van der Waals surface area contributed by atoms with E-state index in [2.05, 4.69) is 20.0 Å². The summed E-state index contributed by atoms with van der Waals surface area (Å²) in [6.07, 6.45) is 0.395. The highest BCUT2D eigenvalue weighted by molar-refractivity contribution is 7.92. The number of aromatic amines is 1. The topological polar surface area (TPSA) is 121 Å². The van der Waals surface area contributed by atoms with Crippen molar-refractivity contribution in [2.45, 2.75) is 32.1 Å². The number of rotatable bonds is 6. The number of anilines is 2. The lowest BCUT2D eigenvalue weighted by molar-refractivity contribution is -0.114. The molecule has 0 fully saturated rings. The molecule has 0 saturated heterocycles. The predicted octanol–water partition coefficient (Wildman–Crippen LogP) is 2.74. The Kier molecular flexibility index (Phi) is 6.02. The molecule has 0 aliphatic rings. The second kappa shape index (κ2) is 8.50. The molecule has 156 valence electrons. The van der Waals surface area contributed by atoms with Gasteiger partial charge in [-0.25, -0.2) is 18.1 Å². The lowest BCUT2D eigenvalue weighted by Crippen LogP contribution is -2.22. The fourth-order valence-electron chi connectivity index (χ4n) is 2.88. The summed E-state index contributed by atoms with van der Waals surface area (Å²) in [4.78, 5) is 30.3. The summed E-state index contributed by atoms with van der Waals surface area (Å²) < 4.78 is 27.5. The summed E-state index contributed by atoms with van der Waals surface area (Å²) in [5.74, 6) is -0.414. The first-order valence-corrected chi connectivity index (χ1v) is 10.7. The Balaban J connectivity index is 1.81. The SMILES string of the molecule is CC(=O)Nc1ccc(S(=O)(=O)Nc2nc(C)c(Cc3ccc(C)cc3)c(=O)[nH]2)cc1. The lowest BCUT2D eigenvalue weighted by atomic mass is 10.0. The molecule has 1 amide bonds. The first kappa shape index (κ1) is 21.3. The number of hydrogen-bond acceptors (Lipinski definition) is 5. The van der Waals surface area contributed by atoms with Crippen LogP contribution in [0.5, 0.6) is 0 Å². The summed E-state index contributed by atoms with van der Waals surface area (Å²) in [6, 6.07) is 13.5. The molecule has 0 aliphatic carbocycles. The minimum Gasteiger partial charge on any atom is -0.326 e. The molecule has 1 heterocycles. The number of sulfonamides is 1. The molecule has 0 aliphatic heterocycles. The van der Waals surface area contributed by atoms with Crippen molar-refractivity contribution >= 4 is 27.6 Å². The highest BCUT2D eigenvalue weighted by Crippen LogP contribution is 2.17. The standard InChI is InChI=1S/C21H22N4O4S/c1-13-4-6-16(7-5-13)12-19-14(2)22-21(24-20(19)27)25-30(28,29)18-10-8-17(9-11-18)23-15(3)26/h4-11H,12H2,1-3H3,(H,23,26)(H2,22,24,25,27). The van der Waals surface area contributed by atoms with Gasteiger partial charge in [-0.05, 0) is 43.7 Å². The van der Waals surface area contributed by atoms with Crippen molar-refractivity contribution in [1.82, 2.24) is 9.97 Å².